The molecule has 3 N–H and O–H groups in total. The molecule has 2 aromatic carbocycles. The van der Waals surface area contributed by atoms with E-state index in [-0.39, 0.29) is 34.7 Å². The summed E-state index contributed by atoms with van der Waals surface area (Å²) in [6, 6.07) is 12.5. The highest BCUT2D eigenvalue weighted by Crippen LogP contribution is 2.46. The average Bonchev–Trinajstić information content (AvgIpc) is 3.29. The van der Waals surface area contributed by atoms with Crippen LogP contribution in [0, 0.1) is 12.7 Å². The molecule has 1 aliphatic heterocycles. The van der Waals surface area contributed by atoms with E-state index in [1.54, 1.807) is 19.1 Å². The first-order valence-corrected chi connectivity index (χ1v) is 12.9. The summed E-state index contributed by atoms with van der Waals surface area (Å²) in [7, 11) is 1.40. The number of primary amides is 1. The Kier molecular flexibility index (Phi) is 7.25. The van der Waals surface area contributed by atoms with Gasteiger partial charge in [0.25, 0.3) is 5.91 Å². The number of amides is 2. The number of methoxy groups -OCH3 is 1. The van der Waals surface area contributed by atoms with Crippen molar-refractivity contribution in [2.24, 2.45) is 5.73 Å². The van der Waals surface area contributed by atoms with Crippen molar-refractivity contribution in [1.29, 1.82) is 0 Å². The zero-order valence-electron chi connectivity index (χ0n) is 22.8. The number of pyridine rings is 2. The predicted octanol–water partition coefficient (Wildman–Crippen LogP) is 4.96. The molecular weight excluding hydrogens is 556 g/mol. The molecule has 2 aromatic heterocycles. The van der Waals surface area contributed by atoms with Crippen molar-refractivity contribution in [3.8, 4) is 22.8 Å². The molecule has 3 heterocycles. The Balaban J connectivity index is 1.54. The predicted molar refractivity (Wildman–Crippen MR) is 146 cm³/mol. The highest BCUT2D eigenvalue weighted by molar-refractivity contribution is 6.00. The number of benzene rings is 2. The first-order chi connectivity index (χ1) is 19.8. The van der Waals surface area contributed by atoms with Gasteiger partial charge in [-0.1, -0.05) is 6.07 Å². The number of nitrogens with zero attached hydrogens (tertiary/aromatic N) is 2. The van der Waals surface area contributed by atoms with E-state index >= 15 is 0 Å². The Labute approximate surface area is 237 Å². The maximum atomic E-state index is 14.5. The second-order valence-electron chi connectivity index (χ2n) is 10.3. The average molecular weight is 583 g/mol. The van der Waals surface area contributed by atoms with Crippen LogP contribution in [0.1, 0.15) is 40.2 Å². The van der Waals surface area contributed by atoms with Gasteiger partial charge in [0.2, 0.25) is 5.91 Å². The van der Waals surface area contributed by atoms with E-state index in [2.05, 4.69) is 15.3 Å². The number of carbonyl (C=O) groups is 2. The van der Waals surface area contributed by atoms with Crippen molar-refractivity contribution in [3.63, 3.8) is 0 Å². The number of rotatable bonds is 7. The summed E-state index contributed by atoms with van der Waals surface area (Å²) in [6.45, 7) is 2.19. The van der Waals surface area contributed by atoms with Gasteiger partial charge in [0.05, 0.1) is 12.8 Å². The highest BCUT2D eigenvalue weighted by atomic mass is 19.4. The van der Waals surface area contributed by atoms with Gasteiger partial charge in [0.15, 0.2) is 0 Å². The molecule has 12 heteroatoms. The topological polar surface area (TPSA) is 116 Å². The van der Waals surface area contributed by atoms with Crippen LogP contribution in [0.4, 0.5) is 17.6 Å². The zero-order chi connectivity index (χ0) is 30.4. The molecule has 0 fully saturated rings. The molecule has 0 radical (unpaired) electrons. The van der Waals surface area contributed by atoms with Crippen LogP contribution in [0.2, 0.25) is 0 Å². The molecule has 218 valence electrons. The summed E-state index contributed by atoms with van der Waals surface area (Å²) in [5.41, 5.74) is 5.44. The maximum Gasteiger partial charge on any atom is 0.398 e. The summed E-state index contributed by atoms with van der Waals surface area (Å²) in [5, 5.41) is 2.94. The molecule has 0 aliphatic carbocycles. The summed E-state index contributed by atoms with van der Waals surface area (Å²) in [5.74, 6) is -4.00. The van der Waals surface area contributed by atoms with Gasteiger partial charge in [-0.3, -0.25) is 9.59 Å². The zero-order valence-corrected chi connectivity index (χ0v) is 22.8. The molecule has 42 heavy (non-hydrogen) atoms. The van der Waals surface area contributed by atoms with Gasteiger partial charge in [-0.05, 0) is 62.4 Å². The first kappa shape index (κ1) is 28.8. The number of halogens is 4. The largest absolute Gasteiger partial charge is 0.494 e. The smallest absolute Gasteiger partial charge is 0.398 e. The summed E-state index contributed by atoms with van der Waals surface area (Å²) < 4.78 is 68.3. The van der Waals surface area contributed by atoms with E-state index < -0.39 is 47.4 Å². The molecule has 0 spiro atoms. The third-order valence-corrected chi connectivity index (χ3v) is 7.35. The van der Waals surface area contributed by atoms with E-state index in [1.807, 2.05) is 0 Å². The lowest BCUT2D eigenvalue weighted by atomic mass is 9.82. The van der Waals surface area contributed by atoms with Gasteiger partial charge in [-0.15, -0.1) is 0 Å². The van der Waals surface area contributed by atoms with Crippen molar-refractivity contribution < 1.29 is 36.6 Å². The Morgan fingerprint density at radius 3 is 2.48 bits per heavy atom. The van der Waals surface area contributed by atoms with E-state index in [0.717, 1.165) is 23.9 Å². The van der Waals surface area contributed by atoms with Gasteiger partial charge in [-0.2, -0.15) is 13.2 Å². The fourth-order valence-electron chi connectivity index (χ4n) is 4.86. The maximum absolute atomic E-state index is 14.5. The Bertz CT molecular complexity index is 1710. The highest BCUT2D eigenvalue weighted by Gasteiger charge is 2.47. The molecule has 2 atom stereocenters. The van der Waals surface area contributed by atoms with Gasteiger partial charge < -0.3 is 20.5 Å². The minimum atomic E-state index is -4.85. The normalized spacial score (nSPS) is 16.9. The van der Waals surface area contributed by atoms with Gasteiger partial charge in [-0.25, -0.2) is 14.4 Å². The molecule has 5 rings (SSSR count). The minimum Gasteiger partial charge on any atom is -0.494 e. The van der Waals surface area contributed by atoms with Crippen LogP contribution in [0.15, 0.2) is 54.6 Å². The third kappa shape index (κ3) is 5.19. The number of nitrogens with two attached hydrogens (primary N) is 1. The molecular formula is C30H26F4N4O4. The minimum absolute atomic E-state index is 0.00453. The van der Waals surface area contributed by atoms with E-state index in [4.69, 9.17) is 15.2 Å². The molecule has 0 saturated carbocycles. The lowest BCUT2D eigenvalue weighted by Gasteiger charge is -2.24. The second-order valence-corrected chi connectivity index (χ2v) is 10.3. The number of carbonyl (C=O) groups excluding carboxylic acids is 2. The van der Waals surface area contributed by atoms with Crippen molar-refractivity contribution in [1.82, 2.24) is 15.3 Å². The van der Waals surface area contributed by atoms with Crippen LogP contribution in [0.5, 0.6) is 11.5 Å². The van der Waals surface area contributed by atoms with Crippen molar-refractivity contribution in [2.75, 3.05) is 20.3 Å². The Morgan fingerprint density at radius 2 is 1.83 bits per heavy atom. The molecule has 1 aliphatic rings. The number of ether oxygens (including phenoxy) is 2. The summed E-state index contributed by atoms with van der Waals surface area (Å²) in [4.78, 5) is 34.1. The number of fused-ring (bicyclic) bond motifs is 2. The Hall–Kier alpha value is -4.74. The quantitative estimate of drug-likeness (QED) is 0.298. The molecule has 2 amide bonds. The standard InChI is InChI=1S/C30H26F4N4O4/c1-15-4-5-17-10-18(11-23(41-3)24(17)37-15)27(39)36-13-21(30(32,33)34)22-12-20-26(42-14-29(20,2)28(35)40)25(38-22)16-6-8-19(31)9-7-16/h4-12,21H,13-14H2,1-3H3,(H2,35,40)(H,36,39)/t21?,29-/m0/s1. The molecule has 0 saturated heterocycles. The Morgan fingerprint density at radius 1 is 1.12 bits per heavy atom. The SMILES string of the molecule is COc1cc(C(=O)NCC(c2cc3c(c(-c4ccc(F)cc4)n2)OC[C@]3(C)C(N)=O)C(F)(F)F)cc2ccc(C)nc12. The van der Waals surface area contributed by atoms with Crippen molar-refractivity contribution in [2.45, 2.75) is 31.4 Å². The fraction of sp³-hybridized carbons (Fsp3) is 0.267. The molecule has 4 aromatic rings. The van der Waals surface area contributed by atoms with Gasteiger partial charge >= 0.3 is 6.18 Å². The number of aryl methyl sites for hydroxylation is 1. The van der Waals surface area contributed by atoms with Crippen LogP contribution in [0.25, 0.3) is 22.2 Å². The fourth-order valence-corrected chi connectivity index (χ4v) is 4.86. The van der Waals surface area contributed by atoms with Crippen LogP contribution >= 0.6 is 0 Å². The lowest BCUT2D eigenvalue weighted by molar-refractivity contribution is -0.149. The summed E-state index contributed by atoms with van der Waals surface area (Å²) in [6.07, 6.45) is -4.85. The third-order valence-electron chi connectivity index (χ3n) is 7.35. The monoisotopic (exact) mass is 582 g/mol. The first-order valence-electron chi connectivity index (χ1n) is 12.9. The van der Waals surface area contributed by atoms with Crippen LogP contribution in [-0.4, -0.2) is 48.2 Å². The molecule has 0 bridgehead atoms. The van der Waals surface area contributed by atoms with E-state index in [0.29, 0.717) is 16.7 Å². The van der Waals surface area contributed by atoms with Gasteiger partial charge in [0.1, 0.15) is 46.5 Å². The lowest BCUT2D eigenvalue weighted by Crippen LogP contribution is -2.40. The molecule has 1 unspecified atom stereocenters. The van der Waals surface area contributed by atoms with Crippen LogP contribution in [-0.2, 0) is 10.2 Å². The van der Waals surface area contributed by atoms with Gasteiger partial charge in [0, 0.05) is 34.3 Å². The molecule has 8 nitrogen and oxygen atoms in total. The number of hydrogen-bond donors (Lipinski definition) is 2. The number of alkyl halides is 3. The van der Waals surface area contributed by atoms with Crippen LogP contribution < -0.4 is 20.5 Å². The second kappa shape index (κ2) is 10.6. The van der Waals surface area contributed by atoms with E-state index in [9.17, 15) is 27.2 Å². The van der Waals surface area contributed by atoms with Crippen LogP contribution in [0.3, 0.4) is 0 Å². The van der Waals surface area contributed by atoms with E-state index in [1.165, 1.54) is 38.3 Å². The number of aromatic nitrogens is 2. The summed E-state index contributed by atoms with van der Waals surface area (Å²) >= 11 is 0. The number of nitrogens with one attached hydrogen (secondary N) is 1. The number of hydrogen-bond acceptors (Lipinski definition) is 6. The van der Waals surface area contributed by atoms with Crippen molar-refractivity contribution in [3.05, 3.63) is 82.9 Å². The van der Waals surface area contributed by atoms with Crippen molar-refractivity contribution >= 4 is 22.7 Å².